The van der Waals surface area contributed by atoms with Gasteiger partial charge in [0.15, 0.2) is 0 Å². The molecule has 4 nitrogen and oxygen atoms in total. The summed E-state index contributed by atoms with van der Waals surface area (Å²) in [6.45, 7) is 1.98. The Morgan fingerprint density at radius 2 is 1.77 bits per heavy atom. The molecular weight excluding hydrogens is 276 g/mol. The van der Waals surface area contributed by atoms with Crippen molar-refractivity contribution >= 4 is 22.5 Å². The molecule has 0 atom stereocenters. The van der Waals surface area contributed by atoms with E-state index in [1.54, 1.807) is 7.11 Å². The summed E-state index contributed by atoms with van der Waals surface area (Å²) in [4.78, 5) is 12.6. The van der Waals surface area contributed by atoms with Crippen LogP contribution in [0, 0.1) is 6.92 Å². The molecule has 0 spiro atoms. The number of benzene rings is 2. The van der Waals surface area contributed by atoms with Crippen LogP contribution in [0.2, 0.25) is 0 Å². The Morgan fingerprint density at radius 3 is 2.41 bits per heavy atom. The molecule has 112 valence electrons. The van der Waals surface area contributed by atoms with E-state index in [1.165, 1.54) is 0 Å². The monoisotopic (exact) mass is 294 g/mol. The predicted molar refractivity (Wildman–Crippen MR) is 88.6 cm³/mol. The maximum absolute atomic E-state index is 12.6. The van der Waals surface area contributed by atoms with Crippen LogP contribution in [0.5, 0.6) is 5.75 Å². The van der Waals surface area contributed by atoms with Gasteiger partial charge in [-0.25, -0.2) is 0 Å². The van der Waals surface area contributed by atoms with Gasteiger partial charge in [0.2, 0.25) is 0 Å². The molecule has 3 aromatic rings. The molecule has 1 heterocycles. The van der Waals surface area contributed by atoms with E-state index in [0.29, 0.717) is 5.69 Å². The minimum atomic E-state index is -0.110. The Hall–Kier alpha value is -2.75. The van der Waals surface area contributed by atoms with Gasteiger partial charge in [-0.3, -0.25) is 4.79 Å². The highest BCUT2D eigenvalue weighted by Crippen LogP contribution is 2.25. The fraction of sp³-hybridized carbons (Fsp3) is 0.167. The second-order valence-corrected chi connectivity index (χ2v) is 5.23. The van der Waals surface area contributed by atoms with Crippen molar-refractivity contribution in [2.75, 3.05) is 12.4 Å². The topological polar surface area (TPSA) is 43.3 Å². The molecule has 0 radical (unpaired) electrons. The second-order valence-electron chi connectivity index (χ2n) is 5.23. The summed E-state index contributed by atoms with van der Waals surface area (Å²) in [5.41, 5.74) is 3.47. The molecule has 2 aromatic carbocycles. The molecule has 1 amide bonds. The fourth-order valence-electron chi connectivity index (χ4n) is 2.77. The van der Waals surface area contributed by atoms with E-state index in [0.717, 1.165) is 27.9 Å². The van der Waals surface area contributed by atoms with Crippen molar-refractivity contribution in [1.82, 2.24) is 4.57 Å². The lowest BCUT2D eigenvalue weighted by Crippen LogP contribution is -2.16. The third-order valence-corrected chi connectivity index (χ3v) is 3.92. The Bertz CT molecular complexity index is 793. The lowest BCUT2D eigenvalue weighted by molar-refractivity contribution is 0.101. The number of aryl methyl sites for hydroxylation is 2. The number of ether oxygens (including phenoxy) is 1. The number of rotatable bonds is 3. The van der Waals surface area contributed by atoms with Crippen molar-refractivity contribution in [3.63, 3.8) is 0 Å². The minimum absolute atomic E-state index is 0.110. The molecular formula is C18H18N2O2. The zero-order valence-corrected chi connectivity index (χ0v) is 12.9. The third-order valence-electron chi connectivity index (χ3n) is 3.92. The van der Waals surface area contributed by atoms with Gasteiger partial charge in [0.05, 0.1) is 7.11 Å². The van der Waals surface area contributed by atoms with Crippen molar-refractivity contribution in [1.29, 1.82) is 0 Å². The molecule has 22 heavy (non-hydrogen) atoms. The first kappa shape index (κ1) is 14.2. The van der Waals surface area contributed by atoms with Gasteiger partial charge in [-0.1, -0.05) is 18.2 Å². The van der Waals surface area contributed by atoms with E-state index in [-0.39, 0.29) is 5.91 Å². The van der Waals surface area contributed by atoms with Gasteiger partial charge in [-0.15, -0.1) is 0 Å². The number of carbonyl (C=O) groups is 1. The summed E-state index contributed by atoms with van der Waals surface area (Å²) in [6.07, 6.45) is 0. The zero-order valence-electron chi connectivity index (χ0n) is 12.9. The molecule has 4 heteroatoms. The Balaban J connectivity index is 1.95. The second kappa shape index (κ2) is 5.56. The first-order valence-electron chi connectivity index (χ1n) is 7.11. The summed E-state index contributed by atoms with van der Waals surface area (Å²) in [7, 11) is 3.53. The highest BCUT2D eigenvalue weighted by Gasteiger charge is 2.18. The Morgan fingerprint density at radius 1 is 1.09 bits per heavy atom. The molecule has 0 aliphatic rings. The fourth-order valence-corrected chi connectivity index (χ4v) is 2.77. The van der Waals surface area contributed by atoms with Crippen LogP contribution in [0.15, 0.2) is 48.5 Å². The molecule has 0 bridgehead atoms. The van der Waals surface area contributed by atoms with Crippen LogP contribution in [0.3, 0.4) is 0 Å². The first-order valence-corrected chi connectivity index (χ1v) is 7.11. The van der Waals surface area contributed by atoms with Gasteiger partial charge in [0.25, 0.3) is 5.91 Å². The van der Waals surface area contributed by atoms with E-state index in [9.17, 15) is 4.79 Å². The summed E-state index contributed by atoms with van der Waals surface area (Å²) in [6, 6.07) is 15.3. The van der Waals surface area contributed by atoms with Crippen LogP contribution >= 0.6 is 0 Å². The molecule has 0 fully saturated rings. The lowest BCUT2D eigenvalue weighted by atomic mass is 10.1. The first-order chi connectivity index (χ1) is 10.6. The number of hydrogen-bond donors (Lipinski definition) is 1. The van der Waals surface area contributed by atoms with Crippen molar-refractivity contribution in [2.45, 2.75) is 6.92 Å². The number of nitrogens with zero attached hydrogens (tertiary/aromatic N) is 1. The molecule has 3 rings (SSSR count). The van der Waals surface area contributed by atoms with E-state index in [1.807, 2.05) is 67.1 Å². The molecule has 1 N–H and O–H groups in total. The molecule has 0 aliphatic heterocycles. The molecule has 0 aliphatic carbocycles. The average Bonchev–Trinajstić information content (AvgIpc) is 2.80. The van der Waals surface area contributed by atoms with Crippen LogP contribution in [0.25, 0.3) is 10.9 Å². The number of methoxy groups -OCH3 is 1. The number of anilines is 1. The van der Waals surface area contributed by atoms with E-state index < -0.39 is 0 Å². The normalized spacial score (nSPS) is 10.7. The largest absolute Gasteiger partial charge is 0.497 e. The van der Waals surface area contributed by atoms with Crippen LogP contribution in [-0.4, -0.2) is 17.6 Å². The van der Waals surface area contributed by atoms with E-state index in [2.05, 4.69) is 5.32 Å². The third kappa shape index (κ3) is 2.33. The number of para-hydroxylation sites is 1. The summed E-state index contributed by atoms with van der Waals surface area (Å²) in [5.74, 6) is 0.653. The smallest absolute Gasteiger partial charge is 0.272 e. The van der Waals surface area contributed by atoms with Crippen molar-refractivity contribution < 1.29 is 9.53 Å². The minimum Gasteiger partial charge on any atom is -0.497 e. The van der Waals surface area contributed by atoms with E-state index in [4.69, 9.17) is 4.74 Å². The standard InChI is InChI=1S/C18H18N2O2/c1-12-15-6-4-5-7-16(15)20(2)17(12)18(21)19-13-8-10-14(22-3)11-9-13/h4-11H,1-3H3,(H,19,21). The molecule has 0 unspecified atom stereocenters. The highest BCUT2D eigenvalue weighted by atomic mass is 16.5. The number of aromatic nitrogens is 1. The maximum Gasteiger partial charge on any atom is 0.272 e. The highest BCUT2D eigenvalue weighted by molar-refractivity contribution is 6.08. The van der Waals surface area contributed by atoms with Crippen molar-refractivity contribution in [3.05, 3.63) is 59.8 Å². The van der Waals surface area contributed by atoms with E-state index >= 15 is 0 Å². The number of amides is 1. The summed E-state index contributed by atoms with van der Waals surface area (Å²) < 4.78 is 7.05. The predicted octanol–water partition coefficient (Wildman–Crippen LogP) is 3.75. The van der Waals surface area contributed by atoms with Crippen LogP contribution in [0.1, 0.15) is 16.1 Å². The van der Waals surface area contributed by atoms with Crippen molar-refractivity contribution in [2.24, 2.45) is 7.05 Å². The molecule has 1 aromatic heterocycles. The number of hydrogen-bond acceptors (Lipinski definition) is 2. The van der Waals surface area contributed by atoms with Crippen LogP contribution in [0.4, 0.5) is 5.69 Å². The summed E-state index contributed by atoms with van der Waals surface area (Å²) >= 11 is 0. The Kier molecular flexibility index (Phi) is 3.59. The van der Waals surface area contributed by atoms with Gasteiger partial charge >= 0.3 is 0 Å². The van der Waals surface area contributed by atoms with Gasteiger partial charge in [0, 0.05) is 23.6 Å². The van der Waals surface area contributed by atoms with Gasteiger partial charge in [-0.05, 0) is 42.8 Å². The number of carbonyl (C=O) groups excluding carboxylic acids is 1. The molecule has 0 saturated heterocycles. The maximum atomic E-state index is 12.6. The lowest BCUT2D eigenvalue weighted by Gasteiger charge is -2.08. The Labute approximate surface area is 129 Å². The zero-order chi connectivity index (χ0) is 15.7. The van der Waals surface area contributed by atoms with Gasteiger partial charge in [-0.2, -0.15) is 0 Å². The van der Waals surface area contributed by atoms with Crippen molar-refractivity contribution in [3.8, 4) is 5.75 Å². The van der Waals surface area contributed by atoms with Crippen LogP contribution < -0.4 is 10.1 Å². The van der Waals surface area contributed by atoms with Gasteiger partial charge < -0.3 is 14.6 Å². The van der Waals surface area contributed by atoms with Crippen LogP contribution in [-0.2, 0) is 7.05 Å². The SMILES string of the molecule is COc1ccc(NC(=O)c2c(C)c3ccccc3n2C)cc1. The van der Waals surface area contributed by atoms with Gasteiger partial charge in [0.1, 0.15) is 11.4 Å². The molecule has 0 saturated carbocycles. The quantitative estimate of drug-likeness (QED) is 0.799. The number of nitrogens with one attached hydrogen (secondary N) is 1. The average molecular weight is 294 g/mol. The number of fused-ring (bicyclic) bond motifs is 1. The summed E-state index contributed by atoms with van der Waals surface area (Å²) in [5, 5.41) is 4.04.